The normalized spacial score (nSPS) is 10.8. The SMILES string of the molecule is CC(C)(C#N)Nc1ncc(-c2ccc(F)cc2)cn1. The van der Waals surface area contributed by atoms with E-state index in [4.69, 9.17) is 5.26 Å². The first-order valence-electron chi connectivity index (χ1n) is 5.77. The van der Waals surface area contributed by atoms with E-state index in [1.54, 1.807) is 38.4 Å². The molecule has 1 aromatic heterocycles. The van der Waals surface area contributed by atoms with Crippen molar-refractivity contribution < 1.29 is 4.39 Å². The van der Waals surface area contributed by atoms with Crippen LogP contribution in [0.5, 0.6) is 0 Å². The van der Waals surface area contributed by atoms with Crippen molar-refractivity contribution >= 4 is 5.95 Å². The molecule has 5 heteroatoms. The van der Waals surface area contributed by atoms with Crippen molar-refractivity contribution in [1.29, 1.82) is 5.26 Å². The molecule has 2 rings (SSSR count). The highest BCUT2D eigenvalue weighted by Gasteiger charge is 2.16. The number of halogens is 1. The van der Waals surface area contributed by atoms with E-state index in [1.807, 2.05) is 0 Å². The Bertz CT molecular complexity index is 597. The monoisotopic (exact) mass is 256 g/mol. The number of hydrogen-bond acceptors (Lipinski definition) is 4. The third kappa shape index (κ3) is 3.26. The van der Waals surface area contributed by atoms with Gasteiger partial charge in [-0.2, -0.15) is 5.26 Å². The number of nitriles is 1. The molecule has 0 amide bonds. The first-order chi connectivity index (χ1) is 9.00. The summed E-state index contributed by atoms with van der Waals surface area (Å²) in [6.45, 7) is 3.48. The summed E-state index contributed by atoms with van der Waals surface area (Å²) in [5.41, 5.74) is 0.907. The fourth-order valence-corrected chi connectivity index (χ4v) is 1.49. The van der Waals surface area contributed by atoms with Gasteiger partial charge in [0.25, 0.3) is 0 Å². The molecule has 0 saturated heterocycles. The highest BCUT2D eigenvalue weighted by atomic mass is 19.1. The van der Waals surface area contributed by atoms with Crippen molar-refractivity contribution in [3.8, 4) is 17.2 Å². The van der Waals surface area contributed by atoms with Crippen LogP contribution in [0.4, 0.5) is 10.3 Å². The van der Waals surface area contributed by atoms with Crippen molar-refractivity contribution in [3.63, 3.8) is 0 Å². The number of nitrogens with one attached hydrogen (secondary N) is 1. The van der Waals surface area contributed by atoms with E-state index in [-0.39, 0.29) is 5.82 Å². The lowest BCUT2D eigenvalue weighted by Gasteiger charge is -2.17. The largest absolute Gasteiger partial charge is 0.336 e. The molecule has 2 aromatic rings. The predicted molar refractivity (Wildman–Crippen MR) is 70.7 cm³/mol. The van der Waals surface area contributed by atoms with Crippen LogP contribution in [0.2, 0.25) is 0 Å². The molecule has 0 atom stereocenters. The molecule has 0 aliphatic rings. The maximum absolute atomic E-state index is 12.8. The van der Waals surface area contributed by atoms with Crippen LogP contribution in [0.1, 0.15) is 13.8 Å². The lowest BCUT2D eigenvalue weighted by atomic mass is 10.1. The molecule has 4 nitrogen and oxygen atoms in total. The molecule has 0 spiro atoms. The van der Waals surface area contributed by atoms with Crippen LogP contribution in [0.15, 0.2) is 36.7 Å². The molecule has 0 unspecified atom stereocenters. The molecular formula is C14H13FN4. The average molecular weight is 256 g/mol. The van der Waals surface area contributed by atoms with Crippen LogP contribution in [0.3, 0.4) is 0 Å². The average Bonchev–Trinajstić information content (AvgIpc) is 2.40. The summed E-state index contributed by atoms with van der Waals surface area (Å²) in [6, 6.07) is 8.22. The van der Waals surface area contributed by atoms with Crippen LogP contribution in [-0.4, -0.2) is 15.5 Å². The molecule has 0 radical (unpaired) electrons. The summed E-state index contributed by atoms with van der Waals surface area (Å²) >= 11 is 0. The van der Waals surface area contributed by atoms with Crippen LogP contribution in [-0.2, 0) is 0 Å². The smallest absolute Gasteiger partial charge is 0.223 e. The number of nitrogens with zero attached hydrogens (tertiary/aromatic N) is 3. The lowest BCUT2D eigenvalue weighted by molar-refractivity contribution is 0.628. The fourth-order valence-electron chi connectivity index (χ4n) is 1.49. The molecule has 0 saturated carbocycles. The Balaban J connectivity index is 2.19. The quantitative estimate of drug-likeness (QED) is 0.917. The van der Waals surface area contributed by atoms with E-state index in [0.717, 1.165) is 11.1 Å². The minimum atomic E-state index is -0.725. The van der Waals surface area contributed by atoms with Gasteiger partial charge in [-0.3, -0.25) is 0 Å². The second-order valence-electron chi connectivity index (χ2n) is 4.66. The summed E-state index contributed by atoms with van der Waals surface area (Å²) in [5, 5.41) is 11.8. The Morgan fingerprint density at radius 1 is 1.11 bits per heavy atom. The molecule has 1 heterocycles. The molecule has 19 heavy (non-hydrogen) atoms. The van der Waals surface area contributed by atoms with Gasteiger partial charge < -0.3 is 5.32 Å². The third-order valence-corrected chi connectivity index (χ3v) is 2.53. The van der Waals surface area contributed by atoms with E-state index in [0.29, 0.717) is 5.95 Å². The summed E-state index contributed by atoms with van der Waals surface area (Å²) in [5.74, 6) is 0.108. The predicted octanol–water partition coefficient (Wildman–Crippen LogP) is 3.00. The van der Waals surface area contributed by atoms with Gasteiger partial charge in [-0.05, 0) is 31.5 Å². The second-order valence-corrected chi connectivity index (χ2v) is 4.66. The Hall–Kier alpha value is -2.48. The van der Waals surface area contributed by atoms with Crippen molar-refractivity contribution in [2.75, 3.05) is 5.32 Å². The van der Waals surface area contributed by atoms with E-state index in [9.17, 15) is 4.39 Å². The van der Waals surface area contributed by atoms with Crippen molar-refractivity contribution in [2.45, 2.75) is 19.4 Å². The zero-order chi connectivity index (χ0) is 13.9. The number of anilines is 1. The summed E-state index contributed by atoms with van der Waals surface area (Å²) in [4.78, 5) is 8.29. The molecule has 0 fully saturated rings. The Labute approximate surface area is 110 Å². The van der Waals surface area contributed by atoms with Gasteiger partial charge in [0, 0.05) is 18.0 Å². The molecule has 0 bridgehead atoms. The Kier molecular flexibility index (Phi) is 3.43. The third-order valence-electron chi connectivity index (χ3n) is 2.53. The minimum Gasteiger partial charge on any atom is -0.336 e. The van der Waals surface area contributed by atoms with Gasteiger partial charge in [-0.15, -0.1) is 0 Å². The summed E-state index contributed by atoms with van der Waals surface area (Å²) in [6.07, 6.45) is 3.27. The molecule has 0 aliphatic heterocycles. The standard InChI is InChI=1S/C14H13FN4/c1-14(2,9-16)19-13-17-7-11(8-18-13)10-3-5-12(15)6-4-10/h3-8H,1-2H3,(H,17,18,19). The number of aromatic nitrogens is 2. The fraction of sp³-hybridized carbons (Fsp3) is 0.214. The van der Waals surface area contributed by atoms with Crippen LogP contribution >= 0.6 is 0 Å². The van der Waals surface area contributed by atoms with Gasteiger partial charge in [-0.1, -0.05) is 12.1 Å². The Morgan fingerprint density at radius 2 is 1.68 bits per heavy atom. The molecule has 1 N–H and O–H groups in total. The van der Waals surface area contributed by atoms with Gasteiger partial charge in [0.2, 0.25) is 5.95 Å². The first kappa shape index (κ1) is 13.0. The van der Waals surface area contributed by atoms with Crippen LogP contribution in [0, 0.1) is 17.1 Å². The van der Waals surface area contributed by atoms with Gasteiger partial charge in [0.15, 0.2) is 0 Å². The van der Waals surface area contributed by atoms with Gasteiger partial charge >= 0.3 is 0 Å². The maximum Gasteiger partial charge on any atom is 0.223 e. The highest BCUT2D eigenvalue weighted by Crippen LogP contribution is 2.19. The number of rotatable bonds is 3. The van der Waals surface area contributed by atoms with Gasteiger partial charge in [0.05, 0.1) is 6.07 Å². The van der Waals surface area contributed by atoms with E-state index >= 15 is 0 Å². The maximum atomic E-state index is 12.8. The summed E-state index contributed by atoms with van der Waals surface area (Å²) < 4.78 is 12.8. The topological polar surface area (TPSA) is 61.6 Å². The number of hydrogen-bond donors (Lipinski definition) is 1. The summed E-state index contributed by atoms with van der Waals surface area (Å²) in [7, 11) is 0. The zero-order valence-electron chi connectivity index (χ0n) is 10.7. The second kappa shape index (κ2) is 5.02. The Morgan fingerprint density at radius 3 is 2.21 bits per heavy atom. The van der Waals surface area contributed by atoms with Gasteiger partial charge in [-0.25, -0.2) is 14.4 Å². The van der Waals surface area contributed by atoms with Crippen LogP contribution < -0.4 is 5.32 Å². The molecule has 1 aromatic carbocycles. The van der Waals surface area contributed by atoms with Crippen LogP contribution in [0.25, 0.3) is 11.1 Å². The van der Waals surface area contributed by atoms with E-state index < -0.39 is 5.54 Å². The minimum absolute atomic E-state index is 0.279. The molecule has 96 valence electrons. The van der Waals surface area contributed by atoms with Gasteiger partial charge in [0.1, 0.15) is 11.4 Å². The lowest BCUT2D eigenvalue weighted by Crippen LogP contribution is -2.29. The van der Waals surface area contributed by atoms with E-state index in [2.05, 4.69) is 21.4 Å². The van der Waals surface area contributed by atoms with E-state index in [1.165, 1.54) is 12.1 Å². The molecule has 0 aliphatic carbocycles. The van der Waals surface area contributed by atoms with Crippen molar-refractivity contribution in [1.82, 2.24) is 9.97 Å². The van der Waals surface area contributed by atoms with Crippen molar-refractivity contribution in [3.05, 3.63) is 42.5 Å². The highest BCUT2D eigenvalue weighted by molar-refractivity contribution is 5.61. The molecular weight excluding hydrogens is 243 g/mol. The number of benzene rings is 1. The first-order valence-corrected chi connectivity index (χ1v) is 5.77. The zero-order valence-corrected chi connectivity index (χ0v) is 10.7. The van der Waals surface area contributed by atoms with Crippen molar-refractivity contribution in [2.24, 2.45) is 0 Å².